The fourth-order valence-corrected chi connectivity index (χ4v) is 2.17. The number of nitrogens with one attached hydrogen (secondary N) is 1. The highest BCUT2D eigenvalue weighted by atomic mass is 16.5. The van der Waals surface area contributed by atoms with Crippen LogP contribution < -0.4 is 14.8 Å². The Balaban J connectivity index is 2.91. The van der Waals surface area contributed by atoms with Crippen molar-refractivity contribution >= 4 is 11.9 Å². The highest BCUT2D eigenvalue weighted by Gasteiger charge is 2.35. The van der Waals surface area contributed by atoms with E-state index in [2.05, 4.69) is 5.32 Å². The lowest BCUT2D eigenvalue weighted by Crippen LogP contribution is -2.42. The molecule has 122 valence electrons. The quantitative estimate of drug-likeness (QED) is 0.770. The Morgan fingerprint density at radius 3 is 1.95 bits per heavy atom. The fourth-order valence-electron chi connectivity index (χ4n) is 2.17. The van der Waals surface area contributed by atoms with E-state index in [0.29, 0.717) is 29.9 Å². The van der Waals surface area contributed by atoms with E-state index in [9.17, 15) is 14.7 Å². The van der Waals surface area contributed by atoms with Gasteiger partial charge < -0.3 is 19.9 Å². The van der Waals surface area contributed by atoms with E-state index in [-0.39, 0.29) is 12.5 Å². The predicted octanol–water partition coefficient (Wildman–Crippen LogP) is 2.32. The Labute approximate surface area is 130 Å². The molecule has 2 N–H and O–H groups in total. The first kappa shape index (κ1) is 17.8. The summed E-state index contributed by atoms with van der Waals surface area (Å²) in [7, 11) is 3.00. The number of rotatable bonds is 8. The fraction of sp³-hybridized carbons (Fsp3) is 0.500. The van der Waals surface area contributed by atoms with Crippen LogP contribution >= 0.6 is 0 Å². The Hall–Kier alpha value is -2.24. The van der Waals surface area contributed by atoms with Crippen LogP contribution in [-0.2, 0) is 4.79 Å². The second-order valence-corrected chi connectivity index (χ2v) is 5.08. The number of benzene rings is 1. The average molecular weight is 309 g/mol. The van der Waals surface area contributed by atoms with E-state index in [0.717, 1.165) is 0 Å². The van der Waals surface area contributed by atoms with E-state index >= 15 is 0 Å². The second-order valence-electron chi connectivity index (χ2n) is 5.08. The monoisotopic (exact) mass is 309 g/mol. The van der Waals surface area contributed by atoms with E-state index in [4.69, 9.17) is 9.47 Å². The molecule has 0 saturated carbocycles. The topological polar surface area (TPSA) is 84.9 Å². The maximum Gasteiger partial charge on any atom is 0.311 e. The minimum absolute atomic E-state index is 0.0771. The highest BCUT2D eigenvalue weighted by Crippen LogP contribution is 2.26. The zero-order valence-corrected chi connectivity index (χ0v) is 13.4. The molecule has 0 aliphatic carbocycles. The molecule has 0 bridgehead atoms. The van der Waals surface area contributed by atoms with Crippen LogP contribution in [-0.4, -0.2) is 37.7 Å². The molecular formula is C16H23NO5. The molecule has 0 aliphatic rings. The number of hydrogen-bond donors (Lipinski definition) is 2. The summed E-state index contributed by atoms with van der Waals surface area (Å²) in [6.07, 6.45) is 0.890. The van der Waals surface area contributed by atoms with Crippen LogP contribution in [0.4, 0.5) is 0 Å². The van der Waals surface area contributed by atoms with Gasteiger partial charge in [0.05, 0.1) is 19.6 Å². The molecule has 1 rings (SSSR count). The Kier molecular flexibility index (Phi) is 6.22. The predicted molar refractivity (Wildman–Crippen MR) is 82.5 cm³/mol. The molecule has 0 spiro atoms. The van der Waals surface area contributed by atoms with Crippen LogP contribution in [0.15, 0.2) is 18.2 Å². The summed E-state index contributed by atoms with van der Waals surface area (Å²) in [6.45, 7) is 3.68. The summed E-state index contributed by atoms with van der Waals surface area (Å²) in [5.41, 5.74) is -0.582. The molecule has 0 unspecified atom stereocenters. The summed E-state index contributed by atoms with van der Waals surface area (Å²) in [6, 6.07) is 4.83. The lowest BCUT2D eigenvalue weighted by molar-refractivity contribution is -0.149. The number of ether oxygens (including phenoxy) is 2. The van der Waals surface area contributed by atoms with Crippen LogP contribution in [0.3, 0.4) is 0 Å². The van der Waals surface area contributed by atoms with Crippen LogP contribution in [0.25, 0.3) is 0 Å². The summed E-state index contributed by atoms with van der Waals surface area (Å²) < 4.78 is 10.2. The Morgan fingerprint density at radius 1 is 1.09 bits per heavy atom. The summed E-state index contributed by atoms with van der Waals surface area (Å²) in [5.74, 6) is -0.259. The van der Waals surface area contributed by atoms with Crippen LogP contribution in [0.5, 0.6) is 11.5 Å². The molecule has 0 radical (unpaired) electrons. The zero-order chi connectivity index (χ0) is 16.8. The maximum atomic E-state index is 12.3. The standard InChI is InChI=1S/C16H23NO5/c1-5-16(6-2,15(19)20)10-17-14(18)11-7-12(21-3)9-13(8-11)22-4/h7-9H,5-6,10H2,1-4H3,(H,17,18)(H,19,20). The van der Waals surface area contributed by atoms with Crippen molar-refractivity contribution in [1.29, 1.82) is 0 Å². The molecule has 1 aromatic rings. The van der Waals surface area contributed by atoms with Crippen molar-refractivity contribution in [3.05, 3.63) is 23.8 Å². The second kappa shape index (κ2) is 7.68. The van der Waals surface area contributed by atoms with E-state index in [1.54, 1.807) is 32.0 Å². The molecule has 0 atom stereocenters. The van der Waals surface area contributed by atoms with Crippen LogP contribution in [0.1, 0.15) is 37.0 Å². The van der Waals surface area contributed by atoms with Gasteiger partial charge in [0.1, 0.15) is 11.5 Å². The van der Waals surface area contributed by atoms with Gasteiger partial charge in [-0.2, -0.15) is 0 Å². The lowest BCUT2D eigenvalue weighted by Gasteiger charge is -2.26. The van der Waals surface area contributed by atoms with E-state index in [1.165, 1.54) is 14.2 Å². The summed E-state index contributed by atoms with van der Waals surface area (Å²) >= 11 is 0. The van der Waals surface area contributed by atoms with Gasteiger partial charge in [0.15, 0.2) is 0 Å². The van der Waals surface area contributed by atoms with Gasteiger partial charge in [-0.3, -0.25) is 9.59 Å². The average Bonchev–Trinajstić information content (AvgIpc) is 2.55. The third kappa shape index (κ3) is 3.90. The van der Waals surface area contributed by atoms with Gasteiger partial charge in [-0.25, -0.2) is 0 Å². The minimum Gasteiger partial charge on any atom is -0.497 e. The van der Waals surface area contributed by atoms with Crippen molar-refractivity contribution in [2.45, 2.75) is 26.7 Å². The van der Waals surface area contributed by atoms with Gasteiger partial charge in [0, 0.05) is 18.2 Å². The van der Waals surface area contributed by atoms with Gasteiger partial charge in [0.2, 0.25) is 0 Å². The molecule has 0 aliphatic heterocycles. The molecule has 1 amide bonds. The summed E-state index contributed by atoms with van der Waals surface area (Å²) in [4.78, 5) is 23.7. The lowest BCUT2D eigenvalue weighted by atomic mass is 9.82. The number of aliphatic carboxylic acids is 1. The Morgan fingerprint density at radius 2 is 1.59 bits per heavy atom. The molecule has 0 aromatic heterocycles. The SMILES string of the molecule is CCC(CC)(CNC(=O)c1cc(OC)cc(OC)c1)C(=O)O. The van der Waals surface area contributed by atoms with Crippen LogP contribution in [0.2, 0.25) is 0 Å². The first-order valence-corrected chi connectivity index (χ1v) is 7.17. The first-order chi connectivity index (χ1) is 10.4. The molecule has 6 heteroatoms. The van der Waals surface area contributed by atoms with Crippen molar-refractivity contribution in [3.8, 4) is 11.5 Å². The van der Waals surface area contributed by atoms with Crippen LogP contribution in [0, 0.1) is 5.41 Å². The van der Waals surface area contributed by atoms with Crippen molar-refractivity contribution in [1.82, 2.24) is 5.32 Å². The molecule has 1 aromatic carbocycles. The molecule has 0 saturated heterocycles. The molecule has 0 fully saturated rings. The minimum atomic E-state index is -0.946. The largest absolute Gasteiger partial charge is 0.497 e. The number of methoxy groups -OCH3 is 2. The normalized spacial score (nSPS) is 10.9. The van der Waals surface area contributed by atoms with Gasteiger partial charge in [0.25, 0.3) is 5.91 Å². The molecule has 6 nitrogen and oxygen atoms in total. The highest BCUT2D eigenvalue weighted by molar-refractivity contribution is 5.95. The van der Waals surface area contributed by atoms with E-state index < -0.39 is 11.4 Å². The number of carbonyl (C=O) groups excluding carboxylic acids is 1. The van der Waals surface area contributed by atoms with Crippen molar-refractivity contribution in [2.24, 2.45) is 5.41 Å². The van der Waals surface area contributed by atoms with Gasteiger partial charge in [-0.05, 0) is 25.0 Å². The number of carbonyl (C=O) groups is 2. The van der Waals surface area contributed by atoms with Gasteiger partial charge in [-0.15, -0.1) is 0 Å². The number of carboxylic acids is 1. The number of carboxylic acid groups (broad SMARTS) is 1. The van der Waals surface area contributed by atoms with E-state index in [1.807, 2.05) is 0 Å². The summed E-state index contributed by atoms with van der Waals surface area (Å²) in [5, 5.41) is 12.1. The zero-order valence-electron chi connectivity index (χ0n) is 13.4. The molecular weight excluding hydrogens is 286 g/mol. The molecule has 22 heavy (non-hydrogen) atoms. The van der Waals surface area contributed by atoms with Crippen molar-refractivity contribution < 1.29 is 24.2 Å². The van der Waals surface area contributed by atoms with Gasteiger partial charge >= 0.3 is 5.97 Å². The Bertz CT molecular complexity index is 515. The first-order valence-electron chi connectivity index (χ1n) is 7.17. The van der Waals surface area contributed by atoms with Gasteiger partial charge in [-0.1, -0.05) is 13.8 Å². The third-order valence-corrected chi connectivity index (χ3v) is 4.01. The number of hydrogen-bond acceptors (Lipinski definition) is 4. The van der Waals surface area contributed by atoms with Crippen molar-refractivity contribution in [2.75, 3.05) is 20.8 Å². The smallest absolute Gasteiger partial charge is 0.311 e. The molecule has 0 heterocycles. The number of amides is 1. The maximum absolute atomic E-state index is 12.3. The third-order valence-electron chi connectivity index (χ3n) is 4.01. The van der Waals surface area contributed by atoms with Crippen molar-refractivity contribution in [3.63, 3.8) is 0 Å².